The van der Waals surface area contributed by atoms with Gasteiger partial charge in [-0.05, 0) is 59.8 Å². The van der Waals surface area contributed by atoms with E-state index in [0.717, 1.165) is 11.8 Å². The first kappa shape index (κ1) is 19.2. The van der Waals surface area contributed by atoms with E-state index in [4.69, 9.17) is 0 Å². The Morgan fingerprint density at radius 2 is 1.04 bits per heavy atom. The van der Waals surface area contributed by atoms with E-state index >= 15 is 0 Å². The van der Waals surface area contributed by atoms with Gasteiger partial charge in [0.1, 0.15) is 0 Å². The van der Waals surface area contributed by atoms with Crippen LogP contribution < -0.4 is 0 Å². The van der Waals surface area contributed by atoms with Gasteiger partial charge < -0.3 is 0 Å². The van der Waals surface area contributed by atoms with E-state index < -0.39 is 0 Å². The smallest absolute Gasteiger partial charge is 0.00555 e. The highest BCUT2D eigenvalue weighted by atomic mass is 14.3. The van der Waals surface area contributed by atoms with E-state index in [0.29, 0.717) is 11.8 Å². The minimum Gasteiger partial charge on any atom is -0.0761 e. The van der Waals surface area contributed by atoms with E-state index in [9.17, 15) is 0 Å². The molecule has 0 aliphatic heterocycles. The average Bonchev–Trinajstić information content (AvgIpc) is 3.34. The molecule has 0 N–H and O–H groups in total. The molecule has 0 amide bonds. The summed E-state index contributed by atoms with van der Waals surface area (Å²) in [4.78, 5) is 0. The summed E-state index contributed by atoms with van der Waals surface area (Å²) in [5, 5.41) is 0. The van der Waals surface area contributed by atoms with E-state index in [-0.39, 0.29) is 0 Å². The largest absolute Gasteiger partial charge is 0.0761 e. The van der Waals surface area contributed by atoms with Crippen LogP contribution in [0.15, 0.2) is 60.7 Å². The highest BCUT2D eigenvalue weighted by Gasteiger charge is 2.29. The van der Waals surface area contributed by atoms with Gasteiger partial charge in [0.2, 0.25) is 0 Å². The molecule has 28 heavy (non-hydrogen) atoms. The molecule has 2 aromatic carbocycles. The first-order chi connectivity index (χ1) is 13.8. The fourth-order valence-electron chi connectivity index (χ4n) is 5.55. The highest BCUT2D eigenvalue weighted by molar-refractivity contribution is 5.63. The van der Waals surface area contributed by atoms with Crippen molar-refractivity contribution in [2.45, 2.75) is 64.2 Å². The van der Waals surface area contributed by atoms with E-state index in [1.807, 2.05) is 0 Å². The highest BCUT2D eigenvalue weighted by Crippen LogP contribution is 2.44. The van der Waals surface area contributed by atoms with Crippen molar-refractivity contribution in [2.24, 2.45) is 11.8 Å². The van der Waals surface area contributed by atoms with Crippen molar-refractivity contribution in [1.29, 1.82) is 0 Å². The third-order valence-corrected chi connectivity index (χ3v) is 6.92. The van der Waals surface area contributed by atoms with Crippen LogP contribution in [0, 0.1) is 11.8 Å². The van der Waals surface area contributed by atoms with E-state index in [2.05, 4.69) is 86.7 Å². The summed E-state index contributed by atoms with van der Waals surface area (Å²) in [6.07, 6.45) is 17.6. The molecule has 0 saturated heterocycles. The number of allylic oxidation sites excluding steroid dienone is 2. The van der Waals surface area contributed by atoms with E-state index in [1.54, 1.807) is 11.1 Å². The Morgan fingerprint density at radius 3 is 1.46 bits per heavy atom. The minimum atomic E-state index is 0.616. The monoisotopic (exact) mass is 370 g/mol. The molecule has 0 heterocycles. The lowest BCUT2D eigenvalue weighted by Crippen LogP contribution is -2.16. The zero-order valence-electron chi connectivity index (χ0n) is 17.5. The maximum atomic E-state index is 2.48. The molecule has 0 radical (unpaired) electrons. The molecule has 0 spiro atoms. The van der Waals surface area contributed by atoms with Crippen LogP contribution in [0.4, 0.5) is 0 Å². The second kappa shape index (κ2) is 8.95. The normalized spacial score (nSPS) is 21.5. The number of benzene rings is 2. The molecule has 4 unspecified atom stereocenters. The van der Waals surface area contributed by atoms with Crippen molar-refractivity contribution in [3.63, 3.8) is 0 Å². The van der Waals surface area contributed by atoms with Gasteiger partial charge in [-0.3, -0.25) is 0 Å². The van der Waals surface area contributed by atoms with Gasteiger partial charge in [-0.15, -0.1) is 0 Å². The second-order valence-corrected chi connectivity index (χ2v) is 8.70. The minimum absolute atomic E-state index is 0.616. The zero-order valence-corrected chi connectivity index (χ0v) is 17.5. The predicted molar refractivity (Wildman–Crippen MR) is 122 cm³/mol. The molecule has 0 bridgehead atoms. The summed E-state index contributed by atoms with van der Waals surface area (Å²) >= 11 is 0. The van der Waals surface area contributed by atoms with Gasteiger partial charge in [-0.25, -0.2) is 0 Å². The van der Waals surface area contributed by atoms with Crippen molar-refractivity contribution in [3.05, 3.63) is 82.9 Å². The number of hydrogen-bond acceptors (Lipinski definition) is 0. The number of hydrogen-bond donors (Lipinski definition) is 0. The lowest BCUT2D eigenvalue weighted by atomic mass is 9.76. The first-order valence-corrected chi connectivity index (χ1v) is 11.4. The van der Waals surface area contributed by atoms with Gasteiger partial charge in [-0.2, -0.15) is 0 Å². The number of rotatable bonds is 9. The number of fused-ring (bicyclic) bond motifs is 2. The summed E-state index contributed by atoms with van der Waals surface area (Å²) in [6.45, 7) is 4.69. The molecule has 0 aromatic heterocycles. The summed E-state index contributed by atoms with van der Waals surface area (Å²) < 4.78 is 0. The Balaban J connectivity index is 1.48. The lowest BCUT2D eigenvalue weighted by molar-refractivity contribution is 0.325. The molecular weight excluding hydrogens is 336 g/mol. The fourth-order valence-corrected chi connectivity index (χ4v) is 5.55. The Bertz CT molecular complexity index is 769. The quantitative estimate of drug-likeness (QED) is 0.417. The first-order valence-electron chi connectivity index (χ1n) is 11.4. The van der Waals surface area contributed by atoms with Gasteiger partial charge in [0, 0.05) is 11.8 Å². The van der Waals surface area contributed by atoms with Gasteiger partial charge in [0.25, 0.3) is 0 Å². The molecule has 0 heteroatoms. The van der Waals surface area contributed by atoms with Crippen molar-refractivity contribution >= 4 is 12.2 Å². The fraction of sp³-hybridized carbons (Fsp3) is 0.429. The third-order valence-electron chi connectivity index (χ3n) is 6.92. The van der Waals surface area contributed by atoms with Crippen LogP contribution in [0.1, 0.15) is 86.5 Å². The third kappa shape index (κ3) is 3.88. The maximum Gasteiger partial charge on any atom is 0.00555 e. The molecule has 2 aliphatic rings. The standard InChI is InChI=1S/C28H34/c1-3-9-21(27-19-17-23-11-5-7-13-25(23)27)15-16-22(10-4-2)28-20-18-24-12-6-8-14-26(24)28/h5-8,11-14,17-22,27-28H,3-4,9-10,15-16H2,1-2H3. The molecular formula is C28H34. The van der Waals surface area contributed by atoms with Crippen molar-refractivity contribution in [1.82, 2.24) is 0 Å². The molecule has 4 rings (SSSR count). The van der Waals surface area contributed by atoms with Crippen LogP contribution in [0.25, 0.3) is 12.2 Å². The Labute approximate surface area is 171 Å². The van der Waals surface area contributed by atoms with Crippen LogP contribution in [0.3, 0.4) is 0 Å². The molecule has 146 valence electrons. The summed E-state index contributed by atoms with van der Waals surface area (Å²) in [6, 6.07) is 18.0. The Kier molecular flexibility index (Phi) is 6.15. The van der Waals surface area contributed by atoms with Crippen LogP contribution in [0.2, 0.25) is 0 Å². The molecule has 0 nitrogen and oxygen atoms in total. The molecule has 0 fully saturated rings. The van der Waals surface area contributed by atoms with Gasteiger partial charge in [-0.1, -0.05) is 99.5 Å². The van der Waals surface area contributed by atoms with Crippen molar-refractivity contribution < 1.29 is 0 Å². The second-order valence-electron chi connectivity index (χ2n) is 8.70. The summed E-state index contributed by atoms with van der Waals surface area (Å²) in [5.74, 6) is 2.77. The SMILES string of the molecule is CCCC(CCC(CCC)C1C=Cc2ccccc21)C1C=Cc2ccccc21. The molecule has 2 aliphatic carbocycles. The summed E-state index contributed by atoms with van der Waals surface area (Å²) in [7, 11) is 0. The zero-order chi connectivity index (χ0) is 19.3. The van der Waals surface area contributed by atoms with Crippen LogP contribution in [-0.2, 0) is 0 Å². The predicted octanol–water partition coefficient (Wildman–Crippen LogP) is 8.22. The van der Waals surface area contributed by atoms with Gasteiger partial charge in [0.15, 0.2) is 0 Å². The van der Waals surface area contributed by atoms with Crippen LogP contribution in [0.5, 0.6) is 0 Å². The molecule has 2 aromatic rings. The maximum absolute atomic E-state index is 2.48. The van der Waals surface area contributed by atoms with Crippen LogP contribution >= 0.6 is 0 Å². The van der Waals surface area contributed by atoms with Crippen molar-refractivity contribution in [3.8, 4) is 0 Å². The summed E-state index contributed by atoms with van der Waals surface area (Å²) in [5.41, 5.74) is 5.98. The average molecular weight is 371 g/mol. The van der Waals surface area contributed by atoms with Gasteiger partial charge >= 0.3 is 0 Å². The Morgan fingerprint density at radius 1 is 0.607 bits per heavy atom. The topological polar surface area (TPSA) is 0 Å². The van der Waals surface area contributed by atoms with Gasteiger partial charge in [0.05, 0.1) is 0 Å². The molecule has 0 saturated carbocycles. The molecule has 4 atom stereocenters. The van der Waals surface area contributed by atoms with E-state index in [1.165, 1.54) is 49.7 Å². The Hall–Kier alpha value is -2.08. The van der Waals surface area contributed by atoms with Crippen molar-refractivity contribution in [2.75, 3.05) is 0 Å². The van der Waals surface area contributed by atoms with Crippen LogP contribution in [-0.4, -0.2) is 0 Å². The lowest BCUT2D eigenvalue weighted by Gasteiger charge is -2.28.